The van der Waals surface area contributed by atoms with E-state index in [1.54, 1.807) is 16.9 Å². The molecule has 0 radical (unpaired) electrons. The summed E-state index contributed by atoms with van der Waals surface area (Å²) in [4.78, 5) is 27.2. The summed E-state index contributed by atoms with van der Waals surface area (Å²) in [5.41, 5.74) is 0.832. The third-order valence-electron chi connectivity index (χ3n) is 5.83. The Balaban J connectivity index is 1.57. The Labute approximate surface area is 163 Å². The van der Waals surface area contributed by atoms with Crippen molar-refractivity contribution in [2.75, 3.05) is 6.54 Å². The van der Waals surface area contributed by atoms with Crippen molar-refractivity contribution in [3.05, 3.63) is 54.1 Å². The number of rotatable bonds is 4. The minimum absolute atomic E-state index is 0.0157. The topological polar surface area (TPSA) is 67.2 Å². The van der Waals surface area contributed by atoms with Crippen molar-refractivity contribution in [1.82, 2.24) is 20.0 Å². The fourth-order valence-corrected chi connectivity index (χ4v) is 4.48. The van der Waals surface area contributed by atoms with Crippen molar-refractivity contribution >= 4 is 11.8 Å². The van der Waals surface area contributed by atoms with Crippen LogP contribution in [0.3, 0.4) is 0 Å². The smallest absolute Gasteiger partial charge is 0.224 e. The van der Waals surface area contributed by atoms with E-state index in [4.69, 9.17) is 0 Å². The van der Waals surface area contributed by atoms with Crippen LogP contribution in [0.2, 0.25) is 0 Å². The van der Waals surface area contributed by atoms with Crippen LogP contribution in [0.15, 0.2) is 42.7 Å². The van der Waals surface area contributed by atoms with Gasteiger partial charge >= 0.3 is 0 Å². The van der Waals surface area contributed by atoms with Crippen LogP contribution in [0.1, 0.15) is 43.6 Å². The highest BCUT2D eigenvalue weighted by molar-refractivity contribution is 5.79. The van der Waals surface area contributed by atoms with Crippen LogP contribution in [0, 0.1) is 5.82 Å². The first-order valence-corrected chi connectivity index (χ1v) is 9.93. The molecule has 0 aliphatic carbocycles. The maximum atomic E-state index is 13.8. The first-order chi connectivity index (χ1) is 13.6. The Morgan fingerprint density at radius 2 is 2.18 bits per heavy atom. The third-order valence-corrected chi connectivity index (χ3v) is 5.83. The largest absolute Gasteiger partial charge is 0.351 e. The fraction of sp³-hybridized carbons (Fsp3) is 0.476. The number of carbonyl (C=O) groups excluding carboxylic acids is 2. The Bertz CT molecular complexity index is 839. The molecule has 2 aliphatic rings. The van der Waals surface area contributed by atoms with Gasteiger partial charge < -0.3 is 10.2 Å². The predicted molar refractivity (Wildman–Crippen MR) is 102 cm³/mol. The van der Waals surface area contributed by atoms with Crippen LogP contribution in [0.25, 0.3) is 0 Å². The van der Waals surface area contributed by atoms with Crippen LogP contribution < -0.4 is 5.32 Å². The number of likely N-dealkylation sites (tertiary alicyclic amines) is 1. The molecule has 2 amide bonds. The average Bonchev–Trinajstić information content (AvgIpc) is 3.30. The standard InChI is InChI=1S/C21H25FN4O2/c22-16-6-3-5-15(13-16)17-14-26(20(28)9-12-25-11-4-10-23-25)18-7-1-2-8-19(27)24-21(17)18/h3-6,10-11,13,17-18,21H,1-2,7-9,12,14H2,(H,24,27)/t17-,18+,21-/m0/s1. The van der Waals surface area contributed by atoms with Gasteiger partial charge in [-0.25, -0.2) is 4.39 Å². The van der Waals surface area contributed by atoms with E-state index in [1.807, 2.05) is 23.2 Å². The molecule has 7 heteroatoms. The van der Waals surface area contributed by atoms with Gasteiger partial charge in [0.2, 0.25) is 11.8 Å². The second-order valence-electron chi connectivity index (χ2n) is 7.63. The molecule has 28 heavy (non-hydrogen) atoms. The number of aromatic nitrogens is 2. The summed E-state index contributed by atoms with van der Waals surface area (Å²) in [6, 6.07) is 8.11. The first kappa shape index (κ1) is 18.7. The highest BCUT2D eigenvalue weighted by atomic mass is 19.1. The van der Waals surface area contributed by atoms with Crippen molar-refractivity contribution in [2.45, 2.75) is 56.7 Å². The van der Waals surface area contributed by atoms with E-state index in [1.165, 1.54) is 12.1 Å². The van der Waals surface area contributed by atoms with Gasteiger partial charge in [-0.2, -0.15) is 5.10 Å². The number of carbonyl (C=O) groups is 2. The summed E-state index contributed by atoms with van der Waals surface area (Å²) in [5.74, 6) is -0.327. The summed E-state index contributed by atoms with van der Waals surface area (Å²) in [5, 5.41) is 7.28. The number of fused-ring (bicyclic) bond motifs is 1. The number of aryl methyl sites for hydroxylation is 1. The molecule has 148 valence electrons. The van der Waals surface area contributed by atoms with Gasteiger partial charge in [0.1, 0.15) is 5.82 Å². The molecule has 4 rings (SSSR count). The van der Waals surface area contributed by atoms with Gasteiger partial charge in [0.15, 0.2) is 0 Å². The van der Waals surface area contributed by atoms with E-state index in [9.17, 15) is 14.0 Å². The van der Waals surface area contributed by atoms with Crippen LogP contribution >= 0.6 is 0 Å². The first-order valence-electron chi connectivity index (χ1n) is 9.93. The number of hydrogen-bond donors (Lipinski definition) is 1. The predicted octanol–water partition coefficient (Wildman–Crippen LogP) is 2.47. The van der Waals surface area contributed by atoms with E-state index < -0.39 is 0 Å². The Morgan fingerprint density at radius 3 is 2.96 bits per heavy atom. The molecule has 2 saturated heterocycles. The second kappa shape index (κ2) is 8.12. The molecule has 0 saturated carbocycles. The maximum absolute atomic E-state index is 13.8. The SMILES string of the molecule is O=C1CCCC[C@@H]2[C@@H](N1)[C@H](c1cccc(F)c1)CN2C(=O)CCn1cccn1. The lowest BCUT2D eigenvalue weighted by atomic mass is 9.88. The highest BCUT2D eigenvalue weighted by Gasteiger charge is 2.45. The van der Waals surface area contributed by atoms with Crippen LogP contribution in [-0.2, 0) is 16.1 Å². The zero-order valence-corrected chi connectivity index (χ0v) is 15.8. The van der Waals surface area contributed by atoms with Crippen molar-refractivity contribution in [3.63, 3.8) is 0 Å². The van der Waals surface area contributed by atoms with Crippen LogP contribution in [0.5, 0.6) is 0 Å². The number of nitrogens with one attached hydrogen (secondary N) is 1. The average molecular weight is 384 g/mol. The molecule has 1 N–H and O–H groups in total. The number of hydrogen-bond acceptors (Lipinski definition) is 3. The molecule has 0 unspecified atom stereocenters. The lowest BCUT2D eigenvalue weighted by Gasteiger charge is -2.31. The van der Waals surface area contributed by atoms with Crippen molar-refractivity contribution < 1.29 is 14.0 Å². The zero-order chi connectivity index (χ0) is 19.5. The van der Waals surface area contributed by atoms with E-state index >= 15 is 0 Å². The Kier molecular flexibility index (Phi) is 5.41. The molecule has 3 heterocycles. The van der Waals surface area contributed by atoms with E-state index in [2.05, 4.69) is 10.4 Å². The highest BCUT2D eigenvalue weighted by Crippen LogP contribution is 2.36. The quantitative estimate of drug-likeness (QED) is 0.881. The maximum Gasteiger partial charge on any atom is 0.224 e. The minimum atomic E-state index is -0.297. The Morgan fingerprint density at radius 1 is 1.29 bits per heavy atom. The molecule has 0 spiro atoms. The molecule has 1 aromatic carbocycles. The summed E-state index contributed by atoms with van der Waals surface area (Å²) in [7, 11) is 0. The molecule has 2 fully saturated rings. The van der Waals surface area contributed by atoms with Crippen LogP contribution in [0.4, 0.5) is 4.39 Å². The summed E-state index contributed by atoms with van der Waals surface area (Å²) >= 11 is 0. The number of nitrogens with zero attached hydrogens (tertiary/aromatic N) is 3. The van der Waals surface area contributed by atoms with Gasteiger partial charge in [0.05, 0.1) is 12.1 Å². The van der Waals surface area contributed by atoms with Gasteiger partial charge in [0.25, 0.3) is 0 Å². The lowest BCUT2D eigenvalue weighted by Crippen LogP contribution is -2.48. The summed E-state index contributed by atoms with van der Waals surface area (Å²) in [6.07, 6.45) is 6.99. The third kappa shape index (κ3) is 3.93. The van der Waals surface area contributed by atoms with Gasteiger partial charge in [-0.3, -0.25) is 14.3 Å². The van der Waals surface area contributed by atoms with Gasteiger partial charge in [-0.1, -0.05) is 18.6 Å². The fourth-order valence-electron chi connectivity index (χ4n) is 4.48. The minimum Gasteiger partial charge on any atom is -0.351 e. The molecular weight excluding hydrogens is 359 g/mol. The molecule has 0 bridgehead atoms. The zero-order valence-electron chi connectivity index (χ0n) is 15.8. The summed E-state index contributed by atoms with van der Waals surface area (Å²) < 4.78 is 15.6. The summed E-state index contributed by atoms with van der Waals surface area (Å²) in [6.45, 7) is 1.02. The normalized spacial score (nSPS) is 25.0. The van der Waals surface area contributed by atoms with Crippen molar-refractivity contribution in [1.29, 1.82) is 0 Å². The van der Waals surface area contributed by atoms with Crippen LogP contribution in [-0.4, -0.2) is 45.1 Å². The van der Waals surface area contributed by atoms with Gasteiger partial charge in [-0.15, -0.1) is 0 Å². The molecule has 3 atom stereocenters. The lowest BCUT2D eigenvalue weighted by molar-refractivity contribution is -0.133. The molecule has 2 aromatic rings. The van der Waals surface area contributed by atoms with E-state index in [0.717, 1.165) is 24.8 Å². The van der Waals surface area contributed by atoms with E-state index in [0.29, 0.717) is 25.9 Å². The monoisotopic (exact) mass is 384 g/mol. The molecule has 6 nitrogen and oxygen atoms in total. The molecular formula is C21H25FN4O2. The Hall–Kier alpha value is -2.70. The molecule has 1 aromatic heterocycles. The van der Waals surface area contributed by atoms with Gasteiger partial charge in [-0.05, 0) is 36.6 Å². The van der Waals surface area contributed by atoms with Crippen molar-refractivity contribution in [3.8, 4) is 0 Å². The van der Waals surface area contributed by atoms with Crippen molar-refractivity contribution in [2.24, 2.45) is 0 Å². The van der Waals surface area contributed by atoms with E-state index in [-0.39, 0.29) is 35.6 Å². The molecule has 2 aliphatic heterocycles. The van der Waals surface area contributed by atoms with Gasteiger partial charge in [0, 0.05) is 44.2 Å². The second-order valence-corrected chi connectivity index (χ2v) is 7.63. The number of halogens is 1. The number of amides is 2. The number of benzene rings is 1.